The molecule has 6 nitrogen and oxygen atoms in total. The summed E-state index contributed by atoms with van der Waals surface area (Å²) >= 11 is 12.6. The lowest BCUT2D eigenvalue weighted by molar-refractivity contribution is 0.122. The number of nitrogens with zero attached hydrogens (tertiary/aromatic N) is 4. The van der Waals surface area contributed by atoms with Gasteiger partial charge < -0.3 is 19.5 Å². The molecule has 3 aromatic rings. The Morgan fingerprint density at radius 3 is 2.14 bits per heavy atom. The maximum Gasteiger partial charge on any atom is 0.0900 e. The van der Waals surface area contributed by atoms with E-state index in [1.165, 1.54) is 32.1 Å². The second-order valence-electron chi connectivity index (χ2n) is 11.8. The number of anilines is 3. The van der Waals surface area contributed by atoms with Crippen LogP contribution in [-0.2, 0) is 4.74 Å². The van der Waals surface area contributed by atoms with E-state index >= 15 is 0 Å². The van der Waals surface area contributed by atoms with Crippen LogP contribution in [0, 0.1) is 0 Å². The van der Waals surface area contributed by atoms with Crippen LogP contribution in [0.25, 0.3) is 28.1 Å². The van der Waals surface area contributed by atoms with E-state index in [1.54, 1.807) is 0 Å². The van der Waals surface area contributed by atoms with Gasteiger partial charge in [-0.15, -0.1) is 0 Å². The molecule has 1 N–H and O–H groups in total. The summed E-state index contributed by atoms with van der Waals surface area (Å²) in [5, 5.41) is 6.02. The molecule has 0 atom stereocenters. The molecule has 2 heterocycles. The normalized spacial score (nSPS) is 17.1. The topological polar surface area (TPSA) is 54.7 Å². The Kier molecular flexibility index (Phi) is 8.74. The molecule has 3 aromatic carbocycles. The molecule has 0 unspecified atom stereocenters. The minimum atomic E-state index is 0.298. The van der Waals surface area contributed by atoms with Crippen LogP contribution in [0.4, 0.5) is 17.1 Å². The highest BCUT2D eigenvalue weighted by Gasteiger charge is 2.20. The standard InChI is InChI=1S/C36H37Cl2N5O/c37-25-8-12-28(13-9-25)40-31-23-34-36(24-32(31)39-27-6-4-2-1-3-5-7-27)43(29-14-10-26(38)11-15-29)35-17-16-30(22-33(35)41-34)42-18-20-44-21-19-42/h8-17,22-24,27,40H,1-7,18-21H2. The van der Waals surface area contributed by atoms with Gasteiger partial charge in [-0.1, -0.05) is 55.3 Å². The van der Waals surface area contributed by atoms with Gasteiger partial charge in [0.05, 0.1) is 52.7 Å². The Hall–Kier alpha value is -3.58. The fourth-order valence-electron chi connectivity index (χ4n) is 6.43. The predicted molar refractivity (Wildman–Crippen MR) is 182 cm³/mol. The summed E-state index contributed by atoms with van der Waals surface area (Å²) in [6, 6.07) is 27.1. The highest BCUT2D eigenvalue weighted by Crippen LogP contribution is 2.33. The lowest BCUT2D eigenvalue weighted by atomic mass is 9.97. The molecule has 0 amide bonds. The molecule has 4 aliphatic rings. The van der Waals surface area contributed by atoms with Crippen molar-refractivity contribution in [1.29, 1.82) is 0 Å². The fourth-order valence-corrected chi connectivity index (χ4v) is 6.68. The second kappa shape index (κ2) is 13.2. The number of hydrogen-bond acceptors (Lipinski definition) is 5. The van der Waals surface area contributed by atoms with E-state index < -0.39 is 0 Å². The minimum absolute atomic E-state index is 0.298. The molecule has 7 rings (SSSR count). The summed E-state index contributed by atoms with van der Waals surface area (Å²) in [7, 11) is 0. The van der Waals surface area contributed by atoms with E-state index in [4.69, 9.17) is 37.9 Å². The van der Waals surface area contributed by atoms with E-state index in [0.29, 0.717) is 16.1 Å². The van der Waals surface area contributed by atoms with Crippen molar-refractivity contribution in [3.05, 3.63) is 94.3 Å². The third kappa shape index (κ3) is 6.44. The van der Waals surface area contributed by atoms with E-state index in [-0.39, 0.29) is 0 Å². The van der Waals surface area contributed by atoms with E-state index in [2.05, 4.69) is 57.2 Å². The van der Waals surface area contributed by atoms with E-state index in [1.807, 2.05) is 36.4 Å². The van der Waals surface area contributed by atoms with Crippen LogP contribution in [0.15, 0.2) is 83.9 Å². The van der Waals surface area contributed by atoms with Crippen LogP contribution in [0.2, 0.25) is 10.0 Å². The molecule has 226 valence electrons. The monoisotopic (exact) mass is 625 g/mol. The van der Waals surface area contributed by atoms with E-state index in [9.17, 15) is 0 Å². The van der Waals surface area contributed by atoms with Gasteiger partial charge in [0, 0.05) is 40.2 Å². The van der Waals surface area contributed by atoms with Crippen molar-refractivity contribution in [1.82, 2.24) is 9.55 Å². The van der Waals surface area contributed by atoms with Crippen molar-refractivity contribution in [3.8, 4) is 17.1 Å². The van der Waals surface area contributed by atoms with Gasteiger partial charge in [-0.3, -0.25) is 4.99 Å². The lowest BCUT2D eigenvalue weighted by Crippen LogP contribution is -2.36. The van der Waals surface area contributed by atoms with Gasteiger partial charge in [0.2, 0.25) is 0 Å². The van der Waals surface area contributed by atoms with Crippen LogP contribution in [0.1, 0.15) is 44.9 Å². The molecule has 0 bridgehead atoms. The molecule has 2 aliphatic heterocycles. The maximum atomic E-state index is 6.34. The van der Waals surface area contributed by atoms with Gasteiger partial charge in [0.1, 0.15) is 0 Å². The Morgan fingerprint density at radius 2 is 1.41 bits per heavy atom. The Bertz CT molecular complexity index is 1770. The summed E-state index contributed by atoms with van der Waals surface area (Å²) in [5.41, 5.74) is 7.95. The van der Waals surface area contributed by atoms with Crippen LogP contribution < -0.4 is 15.6 Å². The number of aromatic nitrogens is 2. The van der Waals surface area contributed by atoms with Crippen molar-refractivity contribution >= 4 is 51.3 Å². The van der Waals surface area contributed by atoms with Crippen molar-refractivity contribution in [2.45, 2.75) is 51.0 Å². The summed E-state index contributed by atoms with van der Waals surface area (Å²) < 4.78 is 7.90. The number of hydrogen-bond donors (Lipinski definition) is 1. The molecule has 8 heteroatoms. The average molecular weight is 627 g/mol. The molecule has 0 spiro atoms. The van der Waals surface area contributed by atoms with Crippen LogP contribution in [0.3, 0.4) is 0 Å². The highest BCUT2D eigenvalue weighted by atomic mass is 35.5. The average Bonchev–Trinajstić information content (AvgIpc) is 3.03. The summed E-state index contributed by atoms with van der Waals surface area (Å²) in [6.45, 7) is 3.22. The number of halogens is 2. The van der Waals surface area contributed by atoms with Gasteiger partial charge in [-0.2, -0.15) is 0 Å². The van der Waals surface area contributed by atoms with E-state index in [0.717, 1.165) is 89.7 Å². The van der Waals surface area contributed by atoms with Crippen molar-refractivity contribution < 1.29 is 4.74 Å². The highest BCUT2D eigenvalue weighted by molar-refractivity contribution is 6.30. The zero-order valence-corrected chi connectivity index (χ0v) is 26.3. The quantitative estimate of drug-likeness (QED) is 0.198. The van der Waals surface area contributed by atoms with Crippen molar-refractivity contribution in [2.75, 3.05) is 36.5 Å². The third-order valence-electron chi connectivity index (χ3n) is 8.76. The lowest BCUT2D eigenvalue weighted by Gasteiger charge is -2.29. The van der Waals surface area contributed by atoms with Gasteiger partial charge >= 0.3 is 0 Å². The SMILES string of the molecule is Clc1ccc(Nc2cc3nc4cc(N5CCOCC5)ccc4n(-c4ccc(Cl)cc4)c-3cc2=NC2CCCCCCC2)cc1. The van der Waals surface area contributed by atoms with Crippen LogP contribution in [0.5, 0.6) is 0 Å². The number of nitrogens with one attached hydrogen (secondary N) is 1. The zero-order chi connectivity index (χ0) is 29.9. The molecule has 2 aliphatic carbocycles. The molecule has 1 saturated carbocycles. The van der Waals surface area contributed by atoms with Gasteiger partial charge in [0.15, 0.2) is 0 Å². The first-order chi connectivity index (χ1) is 21.6. The van der Waals surface area contributed by atoms with Gasteiger partial charge in [0.25, 0.3) is 0 Å². The van der Waals surface area contributed by atoms with Crippen LogP contribution >= 0.6 is 23.2 Å². The fraction of sp³-hybridized carbons (Fsp3) is 0.333. The molecule has 1 saturated heterocycles. The van der Waals surface area contributed by atoms with Crippen molar-refractivity contribution in [2.24, 2.45) is 4.99 Å². The predicted octanol–water partition coefficient (Wildman–Crippen LogP) is 9.03. The number of morpholine rings is 1. The number of benzene rings is 4. The third-order valence-corrected chi connectivity index (χ3v) is 9.26. The number of rotatable bonds is 5. The van der Waals surface area contributed by atoms with Crippen LogP contribution in [-0.4, -0.2) is 41.9 Å². The van der Waals surface area contributed by atoms with Crippen molar-refractivity contribution in [3.63, 3.8) is 0 Å². The zero-order valence-electron chi connectivity index (χ0n) is 24.8. The molecule has 0 aromatic heterocycles. The minimum Gasteiger partial charge on any atom is -0.378 e. The molecular weight excluding hydrogens is 589 g/mol. The number of fused-ring (bicyclic) bond motifs is 2. The second-order valence-corrected chi connectivity index (χ2v) is 12.7. The molecule has 44 heavy (non-hydrogen) atoms. The summed E-state index contributed by atoms with van der Waals surface area (Å²) in [5.74, 6) is 0. The Balaban J connectivity index is 1.44. The van der Waals surface area contributed by atoms with Gasteiger partial charge in [-0.05, 0) is 91.7 Å². The molecular formula is C36H37Cl2N5O. The van der Waals surface area contributed by atoms with Gasteiger partial charge in [-0.25, -0.2) is 4.98 Å². The first-order valence-electron chi connectivity index (χ1n) is 15.8. The maximum absolute atomic E-state index is 6.34. The smallest absolute Gasteiger partial charge is 0.0900 e. The first kappa shape index (κ1) is 29.1. The Labute approximate surface area is 268 Å². The Morgan fingerprint density at radius 1 is 0.750 bits per heavy atom. The molecule has 0 radical (unpaired) electrons. The molecule has 2 fully saturated rings. The largest absolute Gasteiger partial charge is 0.378 e. The summed E-state index contributed by atoms with van der Waals surface area (Å²) in [4.78, 5) is 13.0. The number of ether oxygens (including phenoxy) is 1. The first-order valence-corrected chi connectivity index (χ1v) is 16.5. The summed E-state index contributed by atoms with van der Waals surface area (Å²) in [6.07, 6.45) is 8.61.